The quantitative estimate of drug-likeness (QED) is 0.196. The summed E-state index contributed by atoms with van der Waals surface area (Å²) in [6, 6.07) is 46.2. The van der Waals surface area contributed by atoms with E-state index in [0.717, 1.165) is 40.5 Å². The van der Waals surface area contributed by atoms with E-state index in [4.69, 9.17) is 4.42 Å². The molecule has 1 aliphatic rings. The number of hydrogen-bond donors (Lipinski definition) is 0. The van der Waals surface area contributed by atoms with E-state index in [1.165, 1.54) is 60.4 Å². The molecule has 10 rings (SSSR count). The minimum atomic E-state index is 0.913. The second-order valence-corrected chi connectivity index (χ2v) is 12.1. The molecule has 0 bridgehead atoms. The lowest BCUT2D eigenvalue weighted by molar-refractivity contribution is 0.669. The number of allylic oxidation sites excluding steroid dienone is 4. The molecular weight excluding hydrogens is 572 g/mol. The molecule has 6 aromatic carbocycles. The lowest BCUT2D eigenvalue weighted by Gasteiger charge is -2.12. The second kappa shape index (κ2) is 10.9. The minimum absolute atomic E-state index is 0.913. The Morgan fingerprint density at radius 2 is 1.04 bits per heavy atom. The zero-order chi connectivity index (χ0) is 31.5. The largest absolute Gasteiger partial charge is 0.456 e. The summed E-state index contributed by atoms with van der Waals surface area (Å²) < 4.78 is 10.9. The van der Waals surface area contributed by atoms with Crippen molar-refractivity contribution in [3.63, 3.8) is 0 Å². The van der Waals surface area contributed by atoms with Gasteiger partial charge in [0.15, 0.2) is 0 Å². The maximum atomic E-state index is 6.14. The van der Waals surface area contributed by atoms with Gasteiger partial charge in [0.25, 0.3) is 0 Å². The predicted molar refractivity (Wildman–Crippen MR) is 200 cm³/mol. The highest BCUT2D eigenvalue weighted by molar-refractivity contribution is 6.14. The third kappa shape index (κ3) is 4.20. The number of fused-ring (bicyclic) bond motifs is 9. The van der Waals surface area contributed by atoms with E-state index >= 15 is 0 Å². The Bertz CT molecular complexity index is 2710. The maximum Gasteiger partial charge on any atom is 0.135 e. The van der Waals surface area contributed by atoms with Gasteiger partial charge >= 0.3 is 0 Å². The summed E-state index contributed by atoms with van der Waals surface area (Å²) >= 11 is 0. The number of aromatic nitrogens is 2. The standard InChI is InChI=1S/C42H28N2O.C2H6/c1-2-10-29(11-3-1)43-37-15-7-4-12-31(37)34-24-27(18-21-39(34)43)28-19-22-40-35(25-28)32-13-5-8-16-38(32)44(40)30-20-23-42-36(26-30)33-14-6-9-17-41(33)45-42;1-2/h2,4-26H,1,3H2;1-2H3. The van der Waals surface area contributed by atoms with Crippen LogP contribution in [0.1, 0.15) is 26.7 Å². The molecule has 226 valence electrons. The van der Waals surface area contributed by atoms with E-state index < -0.39 is 0 Å². The van der Waals surface area contributed by atoms with Gasteiger partial charge in [0.05, 0.1) is 22.1 Å². The van der Waals surface area contributed by atoms with Gasteiger partial charge in [0.2, 0.25) is 0 Å². The van der Waals surface area contributed by atoms with Crippen molar-refractivity contribution in [3.8, 4) is 16.8 Å². The van der Waals surface area contributed by atoms with Gasteiger partial charge in [-0.15, -0.1) is 0 Å². The summed E-state index contributed by atoms with van der Waals surface area (Å²) in [4.78, 5) is 0. The number of rotatable bonds is 3. The van der Waals surface area contributed by atoms with Crippen LogP contribution in [0.4, 0.5) is 0 Å². The molecule has 0 saturated heterocycles. The molecule has 0 unspecified atom stereocenters. The molecule has 0 fully saturated rings. The first-order valence-electron chi connectivity index (χ1n) is 16.7. The van der Waals surface area contributed by atoms with Gasteiger partial charge in [-0.05, 0) is 90.7 Å². The van der Waals surface area contributed by atoms with Crippen LogP contribution in [-0.4, -0.2) is 9.13 Å². The predicted octanol–water partition coefficient (Wildman–Crippen LogP) is 12.7. The van der Waals surface area contributed by atoms with E-state index in [-0.39, 0.29) is 0 Å². The van der Waals surface area contributed by atoms with Crippen LogP contribution in [-0.2, 0) is 0 Å². The molecule has 0 radical (unpaired) electrons. The highest BCUT2D eigenvalue weighted by Gasteiger charge is 2.17. The topological polar surface area (TPSA) is 23.0 Å². The number of para-hydroxylation sites is 3. The molecule has 1 aliphatic carbocycles. The Kier molecular flexibility index (Phi) is 6.39. The van der Waals surface area contributed by atoms with Crippen molar-refractivity contribution in [1.29, 1.82) is 0 Å². The van der Waals surface area contributed by atoms with Gasteiger partial charge in [-0.25, -0.2) is 0 Å². The molecule has 3 heteroatoms. The van der Waals surface area contributed by atoms with Crippen LogP contribution in [0.15, 0.2) is 150 Å². The zero-order valence-electron chi connectivity index (χ0n) is 26.6. The molecule has 0 amide bonds. The lowest BCUT2D eigenvalue weighted by atomic mass is 10.0. The van der Waals surface area contributed by atoms with Crippen LogP contribution in [0.2, 0.25) is 0 Å². The van der Waals surface area contributed by atoms with Crippen LogP contribution in [0, 0.1) is 0 Å². The van der Waals surface area contributed by atoms with Gasteiger partial charge in [-0.2, -0.15) is 0 Å². The van der Waals surface area contributed by atoms with Crippen molar-refractivity contribution in [3.05, 3.63) is 146 Å². The van der Waals surface area contributed by atoms with E-state index in [1.54, 1.807) is 0 Å². The molecule has 0 aliphatic heterocycles. The Labute approximate surface area is 273 Å². The van der Waals surface area contributed by atoms with Crippen molar-refractivity contribution in [2.45, 2.75) is 26.7 Å². The SMILES string of the molecule is C1=CC(n2c3ccccc3c3cc(-c4ccc5c(c4)c4ccccc4n5-c4ccc5oc6ccccc6c5c4)ccc32)=CCC1.CC. The molecule has 3 aromatic heterocycles. The highest BCUT2D eigenvalue weighted by Crippen LogP contribution is 2.39. The van der Waals surface area contributed by atoms with Crippen molar-refractivity contribution >= 4 is 71.2 Å². The van der Waals surface area contributed by atoms with E-state index in [0.29, 0.717) is 0 Å². The molecule has 47 heavy (non-hydrogen) atoms. The number of furan rings is 1. The van der Waals surface area contributed by atoms with Gasteiger partial charge in [0.1, 0.15) is 11.2 Å². The summed E-state index contributed by atoms with van der Waals surface area (Å²) in [5.41, 5.74) is 11.6. The first-order chi connectivity index (χ1) is 23.3. The fraction of sp³-hybridized carbons (Fsp3) is 0.0909. The lowest BCUT2D eigenvalue weighted by Crippen LogP contribution is -1.96. The van der Waals surface area contributed by atoms with Gasteiger partial charge in [-0.3, -0.25) is 0 Å². The third-order valence-electron chi connectivity index (χ3n) is 9.53. The first kappa shape index (κ1) is 27.5. The third-order valence-corrected chi connectivity index (χ3v) is 9.53. The van der Waals surface area contributed by atoms with Crippen molar-refractivity contribution in [2.75, 3.05) is 0 Å². The normalized spacial score (nSPS) is 13.2. The molecule has 3 nitrogen and oxygen atoms in total. The minimum Gasteiger partial charge on any atom is -0.456 e. The molecule has 3 heterocycles. The van der Waals surface area contributed by atoms with Gasteiger partial charge in [-0.1, -0.05) is 92.7 Å². The summed E-state index contributed by atoms with van der Waals surface area (Å²) in [7, 11) is 0. The summed E-state index contributed by atoms with van der Waals surface area (Å²) in [6.07, 6.45) is 9.10. The maximum absolute atomic E-state index is 6.14. The van der Waals surface area contributed by atoms with E-state index in [1.807, 2.05) is 26.0 Å². The number of nitrogens with zero attached hydrogens (tertiary/aromatic N) is 2. The fourth-order valence-electron chi connectivity index (χ4n) is 7.48. The van der Waals surface area contributed by atoms with Gasteiger partial charge < -0.3 is 13.6 Å². The van der Waals surface area contributed by atoms with Crippen LogP contribution < -0.4 is 0 Å². The number of benzene rings is 6. The van der Waals surface area contributed by atoms with Crippen molar-refractivity contribution in [2.24, 2.45) is 0 Å². The summed E-state index contributed by atoms with van der Waals surface area (Å²) in [6.45, 7) is 4.00. The Balaban J connectivity index is 0.00000149. The van der Waals surface area contributed by atoms with E-state index in [2.05, 4.69) is 143 Å². The second-order valence-electron chi connectivity index (χ2n) is 12.1. The first-order valence-corrected chi connectivity index (χ1v) is 16.7. The van der Waals surface area contributed by atoms with Gasteiger partial charge in [0, 0.05) is 43.7 Å². The van der Waals surface area contributed by atoms with E-state index in [9.17, 15) is 0 Å². The molecule has 0 atom stereocenters. The molecule has 0 saturated carbocycles. The van der Waals surface area contributed by atoms with Crippen LogP contribution >= 0.6 is 0 Å². The fourth-order valence-corrected chi connectivity index (χ4v) is 7.48. The van der Waals surface area contributed by atoms with Crippen molar-refractivity contribution < 1.29 is 4.42 Å². The van der Waals surface area contributed by atoms with Crippen LogP contribution in [0.5, 0.6) is 0 Å². The molecule has 0 N–H and O–H groups in total. The average Bonchev–Trinajstić information content (AvgIpc) is 3.79. The van der Waals surface area contributed by atoms with Crippen molar-refractivity contribution in [1.82, 2.24) is 9.13 Å². The Morgan fingerprint density at radius 3 is 1.72 bits per heavy atom. The monoisotopic (exact) mass is 606 g/mol. The summed E-state index contributed by atoms with van der Waals surface area (Å²) in [5, 5.41) is 7.35. The zero-order valence-corrected chi connectivity index (χ0v) is 26.6. The Hall–Kier alpha value is -5.80. The average molecular weight is 607 g/mol. The Morgan fingerprint density at radius 1 is 0.468 bits per heavy atom. The van der Waals surface area contributed by atoms with Crippen LogP contribution in [0.3, 0.4) is 0 Å². The smallest absolute Gasteiger partial charge is 0.135 e. The highest BCUT2D eigenvalue weighted by atomic mass is 16.3. The van der Waals surface area contributed by atoms with Crippen LogP contribution in [0.25, 0.3) is 88.1 Å². The summed E-state index contributed by atoms with van der Waals surface area (Å²) in [5.74, 6) is 0. The molecular formula is C44H34N2O. The molecule has 9 aromatic rings. The molecule has 0 spiro atoms. The number of hydrogen-bond acceptors (Lipinski definition) is 1.